The molecule has 1 aromatic heterocycles. The van der Waals surface area contributed by atoms with Crippen LogP contribution in [0, 0.1) is 0 Å². The van der Waals surface area contributed by atoms with Crippen molar-refractivity contribution in [3.05, 3.63) is 60.3 Å². The van der Waals surface area contributed by atoms with Crippen molar-refractivity contribution in [3.63, 3.8) is 0 Å². The number of anilines is 1. The second-order valence-corrected chi connectivity index (χ2v) is 10.2. The lowest BCUT2D eigenvalue weighted by molar-refractivity contribution is 0.0957. The number of nitrogens with two attached hydrogens (primary N) is 1. The fraction of sp³-hybridized carbons (Fsp3) is 0.250. The van der Waals surface area contributed by atoms with Gasteiger partial charge in [-0.1, -0.05) is 18.2 Å². The second kappa shape index (κ2) is 8.17. The highest BCUT2D eigenvalue weighted by Gasteiger charge is 2.34. The number of pyridine rings is 1. The molecule has 2 aromatic carbocycles. The summed E-state index contributed by atoms with van der Waals surface area (Å²) in [6, 6.07) is 14.1. The van der Waals surface area contributed by atoms with E-state index in [9.17, 15) is 13.2 Å². The van der Waals surface area contributed by atoms with Gasteiger partial charge in [-0.2, -0.15) is 4.31 Å². The quantitative estimate of drug-likeness (QED) is 0.600. The molecule has 9 heteroatoms. The molecule has 2 heterocycles. The third-order valence-corrected chi connectivity index (χ3v) is 7.95. The number of fused-ring (bicyclic) bond motifs is 1. The summed E-state index contributed by atoms with van der Waals surface area (Å²) in [5.74, 6) is 0.681. The Labute approximate surface area is 192 Å². The van der Waals surface area contributed by atoms with Crippen molar-refractivity contribution in [3.8, 4) is 28.0 Å². The first-order valence-electron chi connectivity index (χ1n) is 10.7. The molecule has 1 amide bonds. The van der Waals surface area contributed by atoms with Crippen LogP contribution in [0.2, 0.25) is 0 Å². The molecule has 0 radical (unpaired) electrons. The molecule has 0 unspecified atom stereocenters. The van der Waals surface area contributed by atoms with Gasteiger partial charge in [-0.25, -0.2) is 13.4 Å². The first-order valence-corrected chi connectivity index (χ1v) is 12.2. The molecule has 170 valence electrons. The number of hydrogen-bond donors (Lipinski definition) is 2. The Hall–Kier alpha value is -3.43. The predicted octanol–water partition coefficient (Wildman–Crippen LogP) is 2.90. The molecule has 8 nitrogen and oxygen atoms in total. The second-order valence-electron chi connectivity index (χ2n) is 8.25. The van der Waals surface area contributed by atoms with Crippen LogP contribution in [0.5, 0.6) is 5.75 Å². The summed E-state index contributed by atoms with van der Waals surface area (Å²) in [6.07, 6.45) is 3.48. The van der Waals surface area contributed by atoms with E-state index in [0.29, 0.717) is 35.8 Å². The highest BCUT2D eigenvalue weighted by atomic mass is 32.2. The molecule has 2 aliphatic rings. The number of hydrogen-bond acceptors (Lipinski definition) is 6. The number of nitrogen functional groups attached to an aromatic ring is 1. The topological polar surface area (TPSA) is 115 Å². The Bertz CT molecular complexity index is 1340. The van der Waals surface area contributed by atoms with E-state index in [4.69, 9.17) is 10.5 Å². The summed E-state index contributed by atoms with van der Waals surface area (Å²) in [5, 5.41) is 2.79. The minimum Gasteiger partial charge on any atom is -0.491 e. The van der Waals surface area contributed by atoms with E-state index in [1.54, 1.807) is 49.6 Å². The van der Waals surface area contributed by atoms with Gasteiger partial charge in [0.1, 0.15) is 18.2 Å². The predicted molar refractivity (Wildman–Crippen MR) is 125 cm³/mol. The number of nitrogens with zero attached hydrogens (tertiary/aromatic N) is 2. The number of aromatic nitrogens is 1. The van der Waals surface area contributed by atoms with Gasteiger partial charge in [0.2, 0.25) is 10.0 Å². The molecule has 0 saturated heterocycles. The molecular weight excluding hydrogens is 440 g/mol. The fourth-order valence-electron chi connectivity index (χ4n) is 3.90. The van der Waals surface area contributed by atoms with Crippen LogP contribution in [0.3, 0.4) is 0 Å². The number of sulfonamides is 1. The standard InChI is InChI=1S/C24H24N4O4S/c1-28(18-5-6-18)33(30,31)19-7-2-15(3-8-19)17-12-21(23(25)27-14-17)16-4-9-20-22(13-16)32-11-10-26-24(20)29/h2-4,7-9,12-14,18H,5-6,10-11H2,1H3,(H2,25,27)(H,26,29). The molecule has 0 atom stereocenters. The van der Waals surface area contributed by atoms with E-state index in [0.717, 1.165) is 29.5 Å². The number of carbonyl (C=O) groups is 1. The number of benzene rings is 2. The highest BCUT2D eigenvalue weighted by molar-refractivity contribution is 7.89. The molecule has 3 aromatic rings. The van der Waals surface area contributed by atoms with Gasteiger partial charge in [0.25, 0.3) is 5.91 Å². The van der Waals surface area contributed by atoms with Gasteiger partial charge < -0.3 is 15.8 Å². The van der Waals surface area contributed by atoms with E-state index in [-0.39, 0.29) is 16.8 Å². The van der Waals surface area contributed by atoms with Crippen LogP contribution in [0.4, 0.5) is 5.82 Å². The number of ether oxygens (including phenoxy) is 1. The third kappa shape index (κ3) is 4.05. The average molecular weight is 465 g/mol. The molecule has 1 fully saturated rings. The largest absolute Gasteiger partial charge is 0.491 e. The lowest BCUT2D eigenvalue weighted by Gasteiger charge is -2.16. The van der Waals surface area contributed by atoms with E-state index in [2.05, 4.69) is 10.3 Å². The minimum atomic E-state index is -3.50. The number of nitrogens with one attached hydrogen (secondary N) is 1. The van der Waals surface area contributed by atoms with Crippen LogP contribution in [0.15, 0.2) is 59.6 Å². The van der Waals surface area contributed by atoms with Gasteiger partial charge >= 0.3 is 0 Å². The van der Waals surface area contributed by atoms with Crippen molar-refractivity contribution in [2.45, 2.75) is 23.8 Å². The van der Waals surface area contributed by atoms with Crippen molar-refractivity contribution in [1.82, 2.24) is 14.6 Å². The van der Waals surface area contributed by atoms with E-state index >= 15 is 0 Å². The lowest BCUT2D eigenvalue weighted by Crippen LogP contribution is -2.28. The summed E-state index contributed by atoms with van der Waals surface area (Å²) in [7, 11) is -1.87. The van der Waals surface area contributed by atoms with Gasteiger partial charge in [0.05, 0.1) is 17.0 Å². The van der Waals surface area contributed by atoms with E-state index in [1.165, 1.54) is 4.31 Å². The molecule has 0 spiro atoms. The molecule has 1 aliphatic carbocycles. The summed E-state index contributed by atoms with van der Waals surface area (Å²) < 4.78 is 32.7. The summed E-state index contributed by atoms with van der Waals surface area (Å²) in [4.78, 5) is 16.8. The summed E-state index contributed by atoms with van der Waals surface area (Å²) >= 11 is 0. The number of carbonyl (C=O) groups excluding carboxylic acids is 1. The summed E-state index contributed by atoms with van der Waals surface area (Å²) in [5.41, 5.74) is 9.75. The summed E-state index contributed by atoms with van der Waals surface area (Å²) in [6.45, 7) is 0.839. The van der Waals surface area contributed by atoms with E-state index in [1.807, 2.05) is 12.1 Å². The van der Waals surface area contributed by atoms with Crippen LogP contribution in [-0.2, 0) is 10.0 Å². The highest BCUT2D eigenvalue weighted by Crippen LogP contribution is 2.34. The smallest absolute Gasteiger partial charge is 0.255 e. The Morgan fingerprint density at radius 2 is 1.76 bits per heavy atom. The molecule has 3 N–H and O–H groups in total. The zero-order valence-corrected chi connectivity index (χ0v) is 18.9. The van der Waals surface area contributed by atoms with Crippen LogP contribution in [0.25, 0.3) is 22.3 Å². The first kappa shape index (κ1) is 21.4. The van der Waals surface area contributed by atoms with Crippen molar-refractivity contribution in [2.24, 2.45) is 0 Å². The lowest BCUT2D eigenvalue weighted by atomic mass is 9.99. The van der Waals surface area contributed by atoms with Gasteiger partial charge in [0.15, 0.2) is 0 Å². The van der Waals surface area contributed by atoms with Gasteiger partial charge in [-0.15, -0.1) is 0 Å². The molecule has 1 aliphatic heterocycles. The van der Waals surface area contributed by atoms with Crippen LogP contribution >= 0.6 is 0 Å². The van der Waals surface area contributed by atoms with Gasteiger partial charge in [0, 0.05) is 30.4 Å². The SMILES string of the molecule is CN(C1CC1)S(=O)(=O)c1ccc(-c2cnc(N)c(-c3ccc4c(c3)OCCNC4=O)c2)cc1. The Morgan fingerprint density at radius 1 is 1.03 bits per heavy atom. The molecular formula is C24H24N4O4S. The number of amides is 1. The Balaban J connectivity index is 1.47. The number of rotatable bonds is 5. The molecule has 1 saturated carbocycles. The Kier molecular flexibility index (Phi) is 5.30. The normalized spacial score (nSPS) is 16.0. The third-order valence-electron chi connectivity index (χ3n) is 6.03. The molecule has 0 bridgehead atoms. The monoisotopic (exact) mass is 464 g/mol. The van der Waals surface area contributed by atoms with Crippen molar-refractivity contribution in [2.75, 3.05) is 25.9 Å². The zero-order chi connectivity index (χ0) is 23.2. The van der Waals surface area contributed by atoms with E-state index < -0.39 is 10.0 Å². The maximum absolute atomic E-state index is 12.8. The maximum Gasteiger partial charge on any atom is 0.255 e. The first-order chi connectivity index (χ1) is 15.8. The maximum atomic E-state index is 12.8. The van der Waals surface area contributed by atoms with Gasteiger partial charge in [-0.05, 0) is 54.3 Å². The molecule has 5 rings (SSSR count). The molecule has 33 heavy (non-hydrogen) atoms. The van der Waals surface area contributed by atoms with Crippen LogP contribution < -0.4 is 15.8 Å². The van der Waals surface area contributed by atoms with Crippen molar-refractivity contribution < 1.29 is 17.9 Å². The Morgan fingerprint density at radius 3 is 2.48 bits per heavy atom. The van der Waals surface area contributed by atoms with Gasteiger partial charge in [-0.3, -0.25) is 4.79 Å². The zero-order valence-electron chi connectivity index (χ0n) is 18.1. The van der Waals surface area contributed by atoms with Crippen molar-refractivity contribution in [1.29, 1.82) is 0 Å². The average Bonchev–Trinajstić information content (AvgIpc) is 3.68. The fourth-order valence-corrected chi connectivity index (χ4v) is 5.32. The van der Waals surface area contributed by atoms with Crippen molar-refractivity contribution >= 4 is 21.7 Å². The van der Waals surface area contributed by atoms with Crippen LogP contribution in [0.1, 0.15) is 23.2 Å². The minimum absolute atomic E-state index is 0.106. The van der Waals surface area contributed by atoms with Crippen LogP contribution in [-0.4, -0.2) is 49.9 Å².